The van der Waals surface area contributed by atoms with Gasteiger partial charge in [-0.15, -0.1) is 0 Å². The number of halogens is 1. The van der Waals surface area contributed by atoms with Gasteiger partial charge in [-0.3, -0.25) is 0 Å². The normalized spacial score (nSPS) is 11.0. The Hall–Kier alpha value is -2.00. The number of imidazole rings is 1. The van der Waals surface area contributed by atoms with Crippen molar-refractivity contribution in [1.82, 2.24) is 9.55 Å². The highest BCUT2D eigenvalue weighted by Crippen LogP contribution is 2.21. The van der Waals surface area contributed by atoms with E-state index in [-0.39, 0.29) is 0 Å². The first kappa shape index (κ1) is 14.0. The molecule has 0 bridgehead atoms. The summed E-state index contributed by atoms with van der Waals surface area (Å²) in [6, 6.07) is 16.1. The summed E-state index contributed by atoms with van der Waals surface area (Å²) in [5.74, 6) is 1.10. The summed E-state index contributed by atoms with van der Waals surface area (Å²) in [4.78, 5) is 4.72. The van der Waals surface area contributed by atoms with Crippen LogP contribution < -0.4 is 5.32 Å². The SMILES string of the molecule is CCn1c(CCNc2ccccc2)nc2ccc(Cl)cc21. The number of aryl methyl sites for hydroxylation is 1. The Balaban J connectivity index is 1.77. The lowest BCUT2D eigenvalue weighted by molar-refractivity contribution is 0.717. The van der Waals surface area contributed by atoms with Crippen LogP contribution in [0.2, 0.25) is 5.02 Å². The second-order valence-electron chi connectivity index (χ2n) is 4.95. The minimum atomic E-state index is 0.756. The molecule has 0 aliphatic heterocycles. The van der Waals surface area contributed by atoms with E-state index >= 15 is 0 Å². The van der Waals surface area contributed by atoms with Crippen molar-refractivity contribution >= 4 is 28.3 Å². The molecule has 0 saturated carbocycles. The standard InChI is InChI=1S/C17H18ClN3/c1-2-21-16-12-13(18)8-9-15(16)20-17(21)10-11-19-14-6-4-3-5-7-14/h3-9,12,19H,2,10-11H2,1H3. The third-order valence-corrected chi connectivity index (χ3v) is 3.79. The van der Waals surface area contributed by atoms with Crippen LogP contribution in [0.3, 0.4) is 0 Å². The Labute approximate surface area is 129 Å². The van der Waals surface area contributed by atoms with Crippen LogP contribution >= 0.6 is 11.6 Å². The first-order chi connectivity index (χ1) is 10.3. The van der Waals surface area contributed by atoms with Gasteiger partial charge in [-0.1, -0.05) is 29.8 Å². The van der Waals surface area contributed by atoms with E-state index in [4.69, 9.17) is 16.6 Å². The molecular weight excluding hydrogens is 282 g/mol. The summed E-state index contributed by atoms with van der Waals surface area (Å²) in [6.45, 7) is 3.90. The topological polar surface area (TPSA) is 29.9 Å². The predicted molar refractivity (Wildman–Crippen MR) is 89.1 cm³/mol. The zero-order valence-electron chi connectivity index (χ0n) is 12.0. The fourth-order valence-electron chi connectivity index (χ4n) is 2.56. The quantitative estimate of drug-likeness (QED) is 0.758. The molecule has 1 aromatic heterocycles. The Morgan fingerprint density at radius 2 is 1.95 bits per heavy atom. The van der Waals surface area contributed by atoms with Gasteiger partial charge in [0.25, 0.3) is 0 Å². The van der Waals surface area contributed by atoms with Gasteiger partial charge in [-0.05, 0) is 37.3 Å². The van der Waals surface area contributed by atoms with E-state index < -0.39 is 0 Å². The Bertz CT molecular complexity index is 734. The van der Waals surface area contributed by atoms with E-state index in [1.165, 1.54) is 0 Å². The van der Waals surface area contributed by atoms with Crippen molar-refractivity contribution < 1.29 is 0 Å². The zero-order valence-corrected chi connectivity index (χ0v) is 12.8. The van der Waals surface area contributed by atoms with Crippen LogP contribution in [0.4, 0.5) is 5.69 Å². The summed E-state index contributed by atoms with van der Waals surface area (Å²) >= 11 is 6.09. The molecule has 4 heteroatoms. The van der Waals surface area contributed by atoms with Gasteiger partial charge in [0.05, 0.1) is 11.0 Å². The summed E-state index contributed by atoms with van der Waals surface area (Å²) in [6.07, 6.45) is 0.884. The van der Waals surface area contributed by atoms with Crippen molar-refractivity contribution in [2.24, 2.45) is 0 Å². The van der Waals surface area contributed by atoms with E-state index in [0.717, 1.165) is 47.1 Å². The first-order valence-corrected chi connectivity index (χ1v) is 7.59. The Morgan fingerprint density at radius 1 is 1.14 bits per heavy atom. The maximum Gasteiger partial charge on any atom is 0.111 e. The molecule has 21 heavy (non-hydrogen) atoms. The molecular formula is C17H18ClN3. The number of anilines is 1. The third-order valence-electron chi connectivity index (χ3n) is 3.56. The number of aromatic nitrogens is 2. The maximum absolute atomic E-state index is 6.09. The van der Waals surface area contributed by atoms with Gasteiger partial charge in [0, 0.05) is 30.2 Å². The van der Waals surface area contributed by atoms with Gasteiger partial charge < -0.3 is 9.88 Å². The van der Waals surface area contributed by atoms with Crippen LogP contribution in [-0.4, -0.2) is 16.1 Å². The highest BCUT2D eigenvalue weighted by atomic mass is 35.5. The molecule has 0 spiro atoms. The summed E-state index contributed by atoms with van der Waals surface area (Å²) < 4.78 is 2.23. The lowest BCUT2D eigenvalue weighted by atomic mass is 10.3. The van der Waals surface area contributed by atoms with Crippen LogP contribution in [0.5, 0.6) is 0 Å². The van der Waals surface area contributed by atoms with Crippen molar-refractivity contribution in [2.75, 3.05) is 11.9 Å². The molecule has 3 aromatic rings. The van der Waals surface area contributed by atoms with E-state index in [1.807, 2.05) is 36.4 Å². The van der Waals surface area contributed by atoms with Crippen LogP contribution in [0.15, 0.2) is 48.5 Å². The maximum atomic E-state index is 6.09. The van der Waals surface area contributed by atoms with Crippen molar-refractivity contribution in [1.29, 1.82) is 0 Å². The fraction of sp³-hybridized carbons (Fsp3) is 0.235. The van der Waals surface area contributed by atoms with Crippen molar-refractivity contribution in [2.45, 2.75) is 19.9 Å². The second-order valence-corrected chi connectivity index (χ2v) is 5.38. The number of hydrogen-bond acceptors (Lipinski definition) is 2. The first-order valence-electron chi connectivity index (χ1n) is 7.21. The van der Waals surface area contributed by atoms with Gasteiger partial charge in [0.1, 0.15) is 5.82 Å². The number of benzene rings is 2. The van der Waals surface area contributed by atoms with Gasteiger partial charge >= 0.3 is 0 Å². The van der Waals surface area contributed by atoms with E-state index in [2.05, 4.69) is 28.9 Å². The fourth-order valence-corrected chi connectivity index (χ4v) is 2.73. The van der Waals surface area contributed by atoms with Gasteiger partial charge in [-0.2, -0.15) is 0 Å². The van der Waals surface area contributed by atoms with Crippen LogP contribution in [0, 0.1) is 0 Å². The number of rotatable bonds is 5. The molecule has 1 N–H and O–H groups in total. The summed E-state index contributed by atoms with van der Waals surface area (Å²) in [5, 5.41) is 4.18. The molecule has 0 saturated heterocycles. The lowest BCUT2D eigenvalue weighted by Gasteiger charge is -2.08. The summed E-state index contributed by atoms with van der Waals surface area (Å²) in [7, 11) is 0. The van der Waals surface area contributed by atoms with E-state index in [9.17, 15) is 0 Å². The van der Waals surface area contributed by atoms with Crippen molar-refractivity contribution in [3.63, 3.8) is 0 Å². The molecule has 108 valence electrons. The average Bonchev–Trinajstić information content (AvgIpc) is 2.85. The van der Waals surface area contributed by atoms with Gasteiger partial charge in [-0.25, -0.2) is 4.98 Å². The number of hydrogen-bond donors (Lipinski definition) is 1. The third kappa shape index (κ3) is 3.03. The summed E-state index contributed by atoms with van der Waals surface area (Å²) in [5.41, 5.74) is 3.26. The Kier molecular flexibility index (Phi) is 4.11. The second kappa shape index (κ2) is 6.19. The van der Waals surface area contributed by atoms with Crippen LogP contribution in [0.25, 0.3) is 11.0 Å². The molecule has 0 aliphatic rings. The Morgan fingerprint density at radius 3 is 2.71 bits per heavy atom. The largest absolute Gasteiger partial charge is 0.385 e. The molecule has 0 atom stereocenters. The smallest absolute Gasteiger partial charge is 0.111 e. The number of nitrogens with zero attached hydrogens (tertiary/aromatic N) is 2. The minimum Gasteiger partial charge on any atom is -0.385 e. The average molecular weight is 300 g/mol. The molecule has 3 rings (SSSR count). The molecule has 2 aromatic carbocycles. The van der Waals surface area contributed by atoms with Gasteiger partial charge in [0.2, 0.25) is 0 Å². The molecule has 0 unspecified atom stereocenters. The molecule has 1 heterocycles. The van der Waals surface area contributed by atoms with E-state index in [0.29, 0.717) is 0 Å². The van der Waals surface area contributed by atoms with Crippen LogP contribution in [-0.2, 0) is 13.0 Å². The predicted octanol–water partition coefficient (Wildman–Crippen LogP) is 4.36. The monoisotopic (exact) mass is 299 g/mol. The van der Waals surface area contributed by atoms with Crippen molar-refractivity contribution in [3.05, 3.63) is 59.4 Å². The molecule has 0 aliphatic carbocycles. The zero-order chi connectivity index (χ0) is 14.7. The highest BCUT2D eigenvalue weighted by molar-refractivity contribution is 6.31. The molecule has 3 nitrogen and oxygen atoms in total. The lowest BCUT2D eigenvalue weighted by Crippen LogP contribution is -2.09. The molecule has 0 fully saturated rings. The van der Waals surface area contributed by atoms with Gasteiger partial charge in [0.15, 0.2) is 0 Å². The minimum absolute atomic E-state index is 0.756. The number of fused-ring (bicyclic) bond motifs is 1. The number of nitrogens with one attached hydrogen (secondary N) is 1. The van der Waals surface area contributed by atoms with Crippen molar-refractivity contribution in [3.8, 4) is 0 Å². The van der Waals surface area contributed by atoms with E-state index in [1.54, 1.807) is 0 Å². The highest BCUT2D eigenvalue weighted by Gasteiger charge is 2.09. The molecule has 0 radical (unpaired) electrons. The number of para-hydroxylation sites is 1. The van der Waals surface area contributed by atoms with Crippen LogP contribution in [0.1, 0.15) is 12.7 Å². The molecule has 0 amide bonds.